The molecule has 0 spiro atoms. The maximum absolute atomic E-state index is 5.74. The third kappa shape index (κ3) is 22.7. The second-order valence-corrected chi connectivity index (χ2v) is 37.3. The van der Waals surface area contributed by atoms with Crippen LogP contribution in [0.1, 0.15) is 355 Å². The summed E-state index contributed by atoms with van der Waals surface area (Å²) in [5, 5.41) is 11.7. The predicted octanol–water partition coefficient (Wildman–Crippen LogP) is 36.8. The topological polar surface area (TPSA) is 64.7 Å². The van der Waals surface area contributed by atoms with Gasteiger partial charge in [-0.05, 0) is 209 Å². The van der Waals surface area contributed by atoms with E-state index in [1.54, 1.807) is 0 Å². The molecule has 2 aliphatic carbocycles. The number of fused-ring (bicyclic) bond motifs is 9. The van der Waals surface area contributed by atoms with Gasteiger partial charge in [-0.25, -0.2) is 14.6 Å². The first-order valence-electron chi connectivity index (χ1n) is 50.1. The van der Waals surface area contributed by atoms with Crippen LogP contribution in [0, 0.1) is 0 Å². The third-order valence-corrected chi connectivity index (χ3v) is 28.4. The zero-order chi connectivity index (χ0) is 85.5. The van der Waals surface area contributed by atoms with Gasteiger partial charge < -0.3 is 0 Å². The second-order valence-electron chi connectivity index (χ2n) is 37.3. The van der Waals surface area contributed by atoms with E-state index in [9.17, 15) is 0 Å². The van der Waals surface area contributed by atoms with Gasteiger partial charge in [0, 0.05) is 32.7 Å². The SMILES string of the molecule is CCCCCCCCCCCCC1(CCCCCCCCCCCC)c2cc(-c3ccccc3)ccc2-c2ccc(-c3cc(/C=C/c4ccc5ccccc5n4)c(-c4ccc5c(c4)C(CCCCCCCCCCCC)(CCCCCCCCCCCC)c4cc(-c6ccc(-c7ccccc7)c7nonc67)ccc4-5)cc3/C=C/c3ccc4ccccc4n3)cc21. The van der Waals surface area contributed by atoms with E-state index in [-0.39, 0.29) is 10.8 Å². The van der Waals surface area contributed by atoms with E-state index in [1.165, 1.54) is 346 Å². The highest BCUT2D eigenvalue weighted by Crippen LogP contribution is 2.59. The largest absolute Gasteiger partial charge is 0.248 e. The van der Waals surface area contributed by atoms with Crippen LogP contribution in [0.5, 0.6) is 0 Å². The minimum atomic E-state index is -0.254. The number of aromatic nitrogens is 4. The molecule has 648 valence electrons. The monoisotopic (exact) mass is 1660 g/mol. The average molecular weight is 1660 g/mol. The van der Waals surface area contributed by atoms with Gasteiger partial charge in [-0.15, -0.1) is 0 Å². The van der Waals surface area contributed by atoms with Gasteiger partial charge in [0.05, 0.1) is 22.4 Å². The first kappa shape index (κ1) is 89.7. The molecule has 0 fully saturated rings. The number of nitrogens with zero attached hydrogens (tertiary/aromatic N) is 4. The lowest BCUT2D eigenvalue weighted by molar-refractivity contribution is 0.315. The summed E-state index contributed by atoms with van der Waals surface area (Å²) >= 11 is 0. The van der Waals surface area contributed by atoms with Crippen molar-refractivity contribution in [3.63, 3.8) is 0 Å². The molecule has 2 aliphatic rings. The Hall–Kier alpha value is -10.1. The van der Waals surface area contributed by atoms with Crippen LogP contribution in [0.25, 0.3) is 135 Å². The molecule has 3 aromatic heterocycles. The Morgan fingerprint density at radius 2 is 0.504 bits per heavy atom. The Bertz CT molecular complexity index is 5570. The lowest BCUT2D eigenvalue weighted by atomic mass is 9.69. The molecule has 0 saturated heterocycles. The normalized spacial score (nSPS) is 13.2. The lowest BCUT2D eigenvalue weighted by Crippen LogP contribution is -2.25. The number of pyridine rings is 2. The maximum Gasteiger partial charge on any atom is 0.143 e. The van der Waals surface area contributed by atoms with Crippen molar-refractivity contribution in [3.05, 3.63) is 275 Å². The minimum absolute atomic E-state index is 0.162. The molecule has 125 heavy (non-hydrogen) atoms. The molecule has 15 rings (SSSR count). The van der Waals surface area contributed by atoms with Crippen LogP contribution in [0.3, 0.4) is 0 Å². The number of unbranched alkanes of at least 4 members (excludes halogenated alkanes) is 36. The molecule has 0 saturated carbocycles. The fourth-order valence-electron chi connectivity index (χ4n) is 21.3. The molecular formula is C120H142N4O. The Balaban J connectivity index is 0.886. The highest BCUT2D eigenvalue weighted by molar-refractivity contribution is 6.01. The number of hydrogen-bond acceptors (Lipinski definition) is 5. The smallest absolute Gasteiger partial charge is 0.143 e. The third-order valence-electron chi connectivity index (χ3n) is 28.4. The summed E-state index contributed by atoms with van der Waals surface area (Å²) < 4.78 is 5.74. The number of para-hydroxylation sites is 2. The maximum atomic E-state index is 5.74. The molecule has 5 nitrogen and oxygen atoms in total. The zero-order valence-corrected chi connectivity index (χ0v) is 76.6. The van der Waals surface area contributed by atoms with E-state index in [1.807, 2.05) is 0 Å². The van der Waals surface area contributed by atoms with Gasteiger partial charge >= 0.3 is 0 Å². The molecular weight excluding hydrogens is 1510 g/mol. The highest BCUT2D eigenvalue weighted by atomic mass is 16.6. The molecule has 0 aliphatic heterocycles. The van der Waals surface area contributed by atoms with E-state index in [0.717, 1.165) is 92.2 Å². The summed E-state index contributed by atoms with van der Waals surface area (Å²) in [5.74, 6) is 0. The Morgan fingerprint density at radius 3 is 0.856 bits per heavy atom. The Kier molecular flexibility index (Phi) is 33.3. The van der Waals surface area contributed by atoms with Crippen LogP contribution in [-0.2, 0) is 10.8 Å². The standard InChI is InChI=1S/C120H142N4O/c1-5-9-13-17-21-25-29-33-37-51-81-119(82-52-38-34-30-26-22-18-14-10-6-2)111-87-95(91-55-43-41-44-56-91)67-75-105(111)107-77-69-99(89-113(107)119)109-85-97(66-74-102-72-64-94-60-48-50-62-116(94)122-102)110(86-96(109)65-73-101-71-63-93-59-47-49-61-115(93)121-101)100-70-78-108-106-76-68-98(104-80-79-103(92-57-45-42-46-58-92)117-118(104)124-125-123-117)88-112(106)120(114(108)90-100,83-53-39-35-31-27-23-19-15-11-7-3)84-54-40-36-32-28-24-20-16-12-8-4/h41-50,55-80,85-90H,5-40,51-54,81-84H2,1-4H3/b73-65+,74-66+. The van der Waals surface area contributed by atoms with Crippen LogP contribution in [0.15, 0.2) is 235 Å². The van der Waals surface area contributed by atoms with Crippen molar-refractivity contribution in [2.45, 2.75) is 321 Å². The van der Waals surface area contributed by atoms with E-state index in [2.05, 4.69) is 288 Å². The molecule has 3 heterocycles. The molecule has 0 N–H and O–H groups in total. The Labute approximate surface area is 751 Å². The van der Waals surface area contributed by atoms with Crippen molar-refractivity contribution in [2.24, 2.45) is 0 Å². The summed E-state index contributed by atoms with van der Waals surface area (Å²) in [6, 6.07) is 87.9. The first-order valence-corrected chi connectivity index (χ1v) is 50.1. The van der Waals surface area contributed by atoms with E-state index in [0.29, 0.717) is 0 Å². The summed E-state index contributed by atoms with van der Waals surface area (Å²) in [4.78, 5) is 10.7. The summed E-state index contributed by atoms with van der Waals surface area (Å²) in [6.07, 6.45) is 66.4. The Morgan fingerprint density at radius 1 is 0.224 bits per heavy atom. The van der Waals surface area contributed by atoms with Gasteiger partial charge in [0.1, 0.15) is 11.0 Å². The number of rotatable bonds is 53. The van der Waals surface area contributed by atoms with Gasteiger partial charge in [0.2, 0.25) is 0 Å². The van der Waals surface area contributed by atoms with Crippen molar-refractivity contribution < 1.29 is 4.63 Å². The number of benzene rings is 10. The molecule has 0 bridgehead atoms. The molecule has 10 aromatic carbocycles. The van der Waals surface area contributed by atoms with E-state index in [4.69, 9.17) is 19.8 Å². The molecule has 13 aromatic rings. The van der Waals surface area contributed by atoms with Gasteiger partial charge in [-0.3, -0.25) is 0 Å². The average Bonchev–Trinajstić information content (AvgIpc) is 1.57. The molecule has 0 radical (unpaired) electrons. The summed E-state index contributed by atoms with van der Waals surface area (Å²) in [7, 11) is 0. The first-order chi connectivity index (χ1) is 61.9. The van der Waals surface area contributed by atoms with Gasteiger partial charge in [0.15, 0.2) is 0 Å². The summed E-state index contributed by atoms with van der Waals surface area (Å²) in [6.45, 7) is 9.33. The van der Waals surface area contributed by atoms with Crippen molar-refractivity contribution in [3.8, 4) is 77.9 Å². The van der Waals surface area contributed by atoms with Crippen molar-refractivity contribution in [1.82, 2.24) is 20.3 Å². The van der Waals surface area contributed by atoms with Crippen molar-refractivity contribution in [1.29, 1.82) is 0 Å². The molecule has 0 unspecified atom stereocenters. The fraction of sp³-hybridized carbons (Fsp3) is 0.417. The second kappa shape index (κ2) is 46.4. The van der Waals surface area contributed by atoms with E-state index >= 15 is 0 Å². The highest BCUT2D eigenvalue weighted by Gasteiger charge is 2.45. The van der Waals surface area contributed by atoms with Gasteiger partial charge in [0.25, 0.3) is 0 Å². The van der Waals surface area contributed by atoms with Crippen LogP contribution in [-0.4, -0.2) is 20.3 Å². The van der Waals surface area contributed by atoms with Crippen molar-refractivity contribution >= 4 is 57.1 Å². The molecule has 0 atom stereocenters. The van der Waals surface area contributed by atoms with Gasteiger partial charge in [-0.1, -0.05) is 467 Å². The van der Waals surface area contributed by atoms with E-state index < -0.39 is 0 Å². The van der Waals surface area contributed by atoms with Crippen LogP contribution in [0.4, 0.5) is 0 Å². The zero-order valence-electron chi connectivity index (χ0n) is 76.6. The summed E-state index contributed by atoms with van der Waals surface area (Å²) in [5.41, 5.74) is 30.9. The number of hydrogen-bond donors (Lipinski definition) is 0. The predicted molar refractivity (Wildman–Crippen MR) is 539 cm³/mol. The molecule has 5 heteroatoms. The fourth-order valence-corrected chi connectivity index (χ4v) is 21.3. The van der Waals surface area contributed by atoms with Crippen LogP contribution in [0.2, 0.25) is 0 Å². The lowest BCUT2D eigenvalue weighted by Gasteiger charge is -2.34. The minimum Gasteiger partial charge on any atom is -0.248 e. The van der Waals surface area contributed by atoms with Crippen LogP contribution >= 0.6 is 0 Å². The van der Waals surface area contributed by atoms with Gasteiger partial charge in [-0.2, -0.15) is 0 Å². The quantitative estimate of drug-likeness (QED) is 0.0356. The molecule has 0 amide bonds. The van der Waals surface area contributed by atoms with Crippen molar-refractivity contribution in [2.75, 3.05) is 0 Å². The van der Waals surface area contributed by atoms with Crippen LogP contribution < -0.4 is 0 Å².